The van der Waals surface area contributed by atoms with E-state index in [-0.39, 0.29) is 0 Å². The topological polar surface area (TPSA) is 20.2 Å². The Balaban J connectivity index is 2.85. The van der Waals surface area contributed by atoms with E-state index in [4.69, 9.17) is 5.11 Å². The van der Waals surface area contributed by atoms with E-state index >= 15 is 0 Å². The first kappa shape index (κ1) is 9.85. The fourth-order valence-electron chi connectivity index (χ4n) is 1.00. The molecule has 1 heteroatoms. The number of aromatic hydroxyl groups is 1. The quantitative estimate of drug-likeness (QED) is 0.731. The molecule has 0 unspecified atom stereocenters. The fraction of sp³-hybridized carbons (Fsp3) is 0.333. The molecule has 0 amide bonds. The Bertz CT molecular complexity index is 293. The van der Waals surface area contributed by atoms with Crippen molar-refractivity contribution in [2.24, 2.45) is 5.92 Å². The number of benzene rings is 1. The minimum atomic E-state index is 0.319. The second kappa shape index (κ2) is 4.13. The van der Waals surface area contributed by atoms with Crippen LogP contribution in [0.1, 0.15) is 26.3 Å². The maximum absolute atomic E-state index is 9.08. The molecule has 0 aromatic heterocycles. The Labute approximate surface area is 79.7 Å². The van der Waals surface area contributed by atoms with E-state index in [0.717, 1.165) is 5.56 Å². The monoisotopic (exact) mass is 176 g/mol. The van der Waals surface area contributed by atoms with Gasteiger partial charge >= 0.3 is 0 Å². The van der Waals surface area contributed by atoms with Gasteiger partial charge in [-0.25, -0.2) is 0 Å². The van der Waals surface area contributed by atoms with Crippen molar-refractivity contribution in [3.05, 3.63) is 35.4 Å². The van der Waals surface area contributed by atoms with E-state index in [1.165, 1.54) is 5.57 Å². The molecule has 1 rings (SSSR count). The van der Waals surface area contributed by atoms with Gasteiger partial charge in [-0.3, -0.25) is 0 Å². The molecular weight excluding hydrogens is 160 g/mol. The summed E-state index contributed by atoms with van der Waals surface area (Å²) >= 11 is 0. The molecule has 1 N–H and O–H groups in total. The minimum Gasteiger partial charge on any atom is -0.508 e. The van der Waals surface area contributed by atoms with Gasteiger partial charge in [0.25, 0.3) is 0 Å². The van der Waals surface area contributed by atoms with Crippen molar-refractivity contribution in [1.82, 2.24) is 0 Å². The molecule has 0 aliphatic heterocycles. The van der Waals surface area contributed by atoms with Gasteiger partial charge in [-0.2, -0.15) is 0 Å². The van der Waals surface area contributed by atoms with E-state index in [0.29, 0.717) is 11.7 Å². The van der Waals surface area contributed by atoms with Crippen molar-refractivity contribution >= 4 is 6.08 Å². The van der Waals surface area contributed by atoms with Gasteiger partial charge in [0.05, 0.1) is 0 Å². The molecule has 1 aromatic rings. The van der Waals surface area contributed by atoms with Gasteiger partial charge in [0.15, 0.2) is 0 Å². The van der Waals surface area contributed by atoms with Crippen LogP contribution in [0.25, 0.3) is 6.08 Å². The van der Waals surface area contributed by atoms with Crippen LogP contribution in [-0.4, -0.2) is 5.11 Å². The Morgan fingerprint density at radius 2 is 1.77 bits per heavy atom. The second-order valence-corrected chi connectivity index (χ2v) is 3.63. The lowest BCUT2D eigenvalue weighted by molar-refractivity contribution is 0.475. The highest BCUT2D eigenvalue weighted by molar-refractivity contribution is 5.53. The smallest absolute Gasteiger partial charge is 0.115 e. The maximum atomic E-state index is 9.08. The third kappa shape index (κ3) is 2.94. The Kier molecular flexibility index (Phi) is 3.13. The van der Waals surface area contributed by atoms with Gasteiger partial charge in [-0.1, -0.05) is 37.6 Å². The number of hydrogen-bond acceptors (Lipinski definition) is 1. The van der Waals surface area contributed by atoms with Gasteiger partial charge in [0.2, 0.25) is 0 Å². The van der Waals surface area contributed by atoms with E-state index in [9.17, 15) is 0 Å². The zero-order valence-corrected chi connectivity index (χ0v) is 8.41. The number of phenols is 1. The maximum Gasteiger partial charge on any atom is 0.115 e. The lowest BCUT2D eigenvalue weighted by atomic mass is 10.0. The van der Waals surface area contributed by atoms with Crippen molar-refractivity contribution < 1.29 is 5.11 Å². The van der Waals surface area contributed by atoms with Crippen LogP contribution in [0.3, 0.4) is 0 Å². The first-order valence-corrected chi connectivity index (χ1v) is 4.57. The fourth-order valence-corrected chi connectivity index (χ4v) is 1.00. The van der Waals surface area contributed by atoms with Gasteiger partial charge in [-0.15, -0.1) is 0 Å². The summed E-state index contributed by atoms with van der Waals surface area (Å²) in [6, 6.07) is 7.25. The Hall–Kier alpha value is -1.24. The predicted octanol–water partition coefficient (Wildman–Crippen LogP) is 3.45. The summed E-state index contributed by atoms with van der Waals surface area (Å²) in [6.07, 6.45) is 2.14. The van der Waals surface area contributed by atoms with E-state index in [1.54, 1.807) is 12.1 Å². The molecule has 0 aliphatic rings. The Morgan fingerprint density at radius 1 is 1.23 bits per heavy atom. The molecule has 0 radical (unpaired) electrons. The van der Waals surface area contributed by atoms with Crippen LogP contribution in [0.4, 0.5) is 0 Å². The van der Waals surface area contributed by atoms with Crippen molar-refractivity contribution in [3.63, 3.8) is 0 Å². The van der Waals surface area contributed by atoms with Crippen molar-refractivity contribution in [2.45, 2.75) is 20.8 Å². The summed E-state index contributed by atoms with van der Waals surface area (Å²) < 4.78 is 0. The van der Waals surface area contributed by atoms with Crippen LogP contribution >= 0.6 is 0 Å². The number of hydrogen-bond donors (Lipinski definition) is 1. The molecular formula is C12H16O. The van der Waals surface area contributed by atoms with Crippen LogP contribution in [0.2, 0.25) is 0 Å². The first-order chi connectivity index (χ1) is 6.09. The summed E-state index contributed by atoms with van der Waals surface area (Å²) in [5.41, 5.74) is 2.50. The normalized spacial score (nSPS) is 12.2. The SMILES string of the molecule is CC(=Cc1ccc(O)cc1)C(C)C. The molecule has 0 heterocycles. The molecule has 0 saturated heterocycles. The molecule has 0 saturated carbocycles. The van der Waals surface area contributed by atoms with E-state index in [1.807, 2.05) is 12.1 Å². The lowest BCUT2D eigenvalue weighted by Gasteiger charge is -2.04. The zero-order chi connectivity index (χ0) is 9.84. The minimum absolute atomic E-state index is 0.319. The molecule has 1 nitrogen and oxygen atoms in total. The summed E-state index contributed by atoms with van der Waals surface area (Å²) in [6.45, 7) is 6.47. The molecule has 70 valence electrons. The number of phenolic OH excluding ortho intramolecular Hbond substituents is 1. The Morgan fingerprint density at radius 3 is 2.23 bits per heavy atom. The molecule has 0 atom stereocenters. The van der Waals surface area contributed by atoms with Crippen LogP contribution < -0.4 is 0 Å². The summed E-state index contributed by atoms with van der Waals surface area (Å²) in [5, 5.41) is 9.08. The van der Waals surface area contributed by atoms with Crippen molar-refractivity contribution in [3.8, 4) is 5.75 Å². The van der Waals surface area contributed by atoms with Crippen LogP contribution in [-0.2, 0) is 0 Å². The largest absolute Gasteiger partial charge is 0.508 e. The van der Waals surface area contributed by atoms with E-state index < -0.39 is 0 Å². The van der Waals surface area contributed by atoms with Crippen LogP contribution in [0, 0.1) is 5.92 Å². The molecule has 0 aliphatic carbocycles. The second-order valence-electron chi connectivity index (χ2n) is 3.63. The van der Waals surface area contributed by atoms with Gasteiger partial charge in [-0.05, 0) is 30.5 Å². The summed E-state index contributed by atoms with van der Waals surface area (Å²) in [7, 11) is 0. The summed E-state index contributed by atoms with van der Waals surface area (Å²) in [5.74, 6) is 0.896. The molecule has 0 bridgehead atoms. The molecule has 1 aromatic carbocycles. The third-order valence-electron chi connectivity index (χ3n) is 2.20. The van der Waals surface area contributed by atoms with Crippen molar-refractivity contribution in [1.29, 1.82) is 0 Å². The van der Waals surface area contributed by atoms with E-state index in [2.05, 4.69) is 26.8 Å². The zero-order valence-electron chi connectivity index (χ0n) is 8.41. The summed E-state index contributed by atoms with van der Waals surface area (Å²) in [4.78, 5) is 0. The van der Waals surface area contributed by atoms with Gasteiger partial charge in [0, 0.05) is 0 Å². The van der Waals surface area contributed by atoms with Gasteiger partial charge in [0.1, 0.15) is 5.75 Å². The van der Waals surface area contributed by atoms with Crippen LogP contribution in [0.5, 0.6) is 5.75 Å². The van der Waals surface area contributed by atoms with Crippen molar-refractivity contribution in [2.75, 3.05) is 0 Å². The molecule has 0 fully saturated rings. The molecule has 0 spiro atoms. The molecule has 13 heavy (non-hydrogen) atoms. The standard InChI is InChI=1S/C12H16O/c1-9(2)10(3)8-11-4-6-12(13)7-5-11/h4-9,13H,1-3H3. The highest BCUT2D eigenvalue weighted by Crippen LogP contribution is 2.16. The third-order valence-corrected chi connectivity index (χ3v) is 2.20. The highest BCUT2D eigenvalue weighted by atomic mass is 16.3. The van der Waals surface area contributed by atoms with Gasteiger partial charge < -0.3 is 5.11 Å². The average Bonchev–Trinajstić information content (AvgIpc) is 2.08. The average molecular weight is 176 g/mol. The predicted molar refractivity (Wildman–Crippen MR) is 56.6 cm³/mol. The highest BCUT2D eigenvalue weighted by Gasteiger charge is 1.96. The van der Waals surface area contributed by atoms with Crippen LogP contribution in [0.15, 0.2) is 29.8 Å². The first-order valence-electron chi connectivity index (χ1n) is 4.57. The lowest BCUT2D eigenvalue weighted by Crippen LogP contribution is -1.87. The number of rotatable bonds is 2. The number of allylic oxidation sites excluding steroid dienone is 1.